The Morgan fingerprint density at radius 3 is 2.67 bits per heavy atom. The minimum Gasteiger partial charge on any atom is -0.337 e. The van der Waals surface area contributed by atoms with Gasteiger partial charge in [-0.1, -0.05) is 0 Å². The SMILES string of the molecule is Fc1cc(F)c(Nc2ccsc2)nc1F. The largest absolute Gasteiger partial charge is 0.337 e. The minimum absolute atomic E-state index is 0.327. The van der Waals surface area contributed by atoms with Gasteiger partial charge in [-0.15, -0.1) is 0 Å². The summed E-state index contributed by atoms with van der Waals surface area (Å²) in [5.41, 5.74) is 0.581. The van der Waals surface area contributed by atoms with E-state index in [2.05, 4.69) is 10.3 Å². The highest BCUT2D eigenvalue weighted by atomic mass is 32.1. The Bertz CT molecular complexity index is 470. The molecule has 6 heteroatoms. The first-order chi connectivity index (χ1) is 7.16. The van der Waals surface area contributed by atoms with Crippen molar-refractivity contribution >= 4 is 22.8 Å². The molecule has 2 aromatic rings. The van der Waals surface area contributed by atoms with Crippen LogP contribution in [0.15, 0.2) is 22.9 Å². The lowest BCUT2D eigenvalue weighted by atomic mass is 10.4. The fourth-order valence-corrected chi connectivity index (χ4v) is 1.59. The van der Waals surface area contributed by atoms with E-state index in [1.165, 1.54) is 11.3 Å². The van der Waals surface area contributed by atoms with Crippen LogP contribution >= 0.6 is 11.3 Å². The monoisotopic (exact) mass is 230 g/mol. The van der Waals surface area contributed by atoms with Crippen LogP contribution in [-0.4, -0.2) is 4.98 Å². The Labute approximate surface area is 87.4 Å². The molecule has 0 saturated carbocycles. The summed E-state index contributed by atoms with van der Waals surface area (Å²) < 4.78 is 38.3. The smallest absolute Gasteiger partial charge is 0.251 e. The third-order valence-corrected chi connectivity index (χ3v) is 2.35. The number of halogens is 3. The molecule has 0 spiro atoms. The van der Waals surface area contributed by atoms with Crippen molar-refractivity contribution in [3.8, 4) is 0 Å². The molecule has 2 heterocycles. The summed E-state index contributed by atoms with van der Waals surface area (Å²) in [6.07, 6.45) is 0. The molecule has 2 rings (SSSR count). The van der Waals surface area contributed by atoms with Crippen LogP contribution < -0.4 is 5.32 Å². The molecule has 0 atom stereocenters. The lowest BCUT2D eigenvalue weighted by Crippen LogP contribution is -2.00. The highest BCUT2D eigenvalue weighted by molar-refractivity contribution is 7.08. The van der Waals surface area contributed by atoms with Crippen LogP contribution in [0.25, 0.3) is 0 Å². The van der Waals surface area contributed by atoms with Gasteiger partial charge in [0, 0.05) is 11.4 Å². The number of aromatic nitrogens is 1. The number of nitrogens with one attached hydrogen (secondary N) is 1. The first-order valence-corrected chi connectivity index (χ1v) is 4.92. The van der Waals surface area contributed by atoms with E-state index < -0.39 is 17.6 Å². The summed E-state index contributed by atoms with van der Waals surface area (Å²) in [5, 5.41) is 6.00. The van der Waals surface area contributed by atoms with Gasteiger partial charge < -0.3 is 5.32 Å². The van der Waals surface area contributed by atoms with Crippen LogP contribution in [0.2, 0.25) is 0 Å². The minimum atomic E-state index is -1.32. The maximum atomic E-state index is 13.1. The Balaban J connectivity index is 2.33. The van der Waals surface area contributed by atoms with Gasteiger partial charge in [0.1, 0.15) is 0 Å². The number of hydrogen-bond donors (Lipinski definition) is 1. The number of rotatable bonds is 2. The van der Waals surface area contributed by atoms with Crippen molar-refractivity contribution in [2.24, 2.45) is 0 Å². The van der Waals surface area contributed by atoms with Crippen molar-refractivity contribution in [2.45, 2.75) is 0 Å². The summed E-state index contributed by atoms with van der Waals surface area (Å²) >= 11 is 1.39. The van der Waals surface area contributed by atoms with Crippen molar-refractivity contribution in [1.82, 2.24) is 4.98 Å². The van der Waals surface area contributed by atoms with Gasteiger partial charge in [-0.25, -0.2) is 8.78 Å². The van der Waals surface area contributed by atoms with Gasteiger partial charge in [0.25, 0.3) is 5.95 Å². The quantitative estimate of drug-likeness (QED) is 0.800. The number of pyridine rings is 1. The fourth-order valence-electron chi connectivity index (χ4n) is 1.00. The number of hydrogen-bond acceptors (Lipinski definition) is 3. The summed E-state index contributed by atoms with van der Waals surface area (Å²) in [6, 6.07) is 2.13. The van der Waals surface area contributed by atoms with Crippen LogP contribution in [0, 0.1) is 17.6 Å². The van der Waals surface area contributed by atoms with E-state index in [9.17, 15) is 13.2 Å². The van der Waals surface area contributed by atoms with Gasteiger partial charge in [-0.05, 0) is 11.4 Å². The molecule has 0 amide bonds. The van der Waals surface area contributed by atoms with Gasteiger partial charge >= 0.3 is 0 Å². The summed E-state index contributed by atoms with van der Waals surface area (Å²) in [4.78, 5) is 3.12. The lowest BCUT2D eigenvalue weighted by molar-refractivity contribution is 0.467. The molecule has 0 aromatic carbocycles. The highest BCUT2D eigenvalue weighted by Crippen LogP contribution is 2.21. The van der Waals surface area contributed by atoms with Gasteiger partial charge in [0.2, 0.25) is 0 Å². The fraction of sp³-hybridized carbons (Fsp3) is 0. The summed E-state index contributed by atoms with van der Waals surface area (Å²) in [6.45, 7) is 0. The third kappa shape index (κ3) is 2.10. The van der Waals surface area contributed by atoms with Crippen molar-refractivity contribution in [3.05, 3.63) is 40.5 Å². The van der Waals surface area contributed by atoms with E-state index in [0.29, 0.717) is 11.8 Å². The lowest BCUT2D eigenvalue weighted by Gasteiger charge is -2.04. The second-order valence-electron chi connectivity index (χ2n) is 2.73. The van der Waals surface area contributed by atoms with Crippen LogP contribution in [0.1, 0.15) is 0 Å². The van der Waals surface area contributed by atoms with E-state index in [1.54, 1.807) is 16.8 Å². The summed E-state index contributed by atoms with van der Waals surface area (Å²) in [5.74, 6) is -3.88. The Morgan fingerprint density at radius 1 is 1.20 bits per heavy atom. The van der Waals surface area contributed by atoms with Crippen LogP contribution in [0.4, 0.5) is 24.7 Å². The molecule has 0 saturated heterocycles. The molecule has 1 N–H and O–H groups in total. The van der Waals surface area contributed by atoms with Gasteiger partial charge in [0.05, 0.1) is 5.69 Å². The standard InChI is InChI=1S/C9H5F3N2S/c10-6-3-7(11)9(14-8(6)12)13-5-1-2-15-4-5/h1-4H,(H,13,14). The van der Waals surface area contributed by atoms with Crippen LogP contribution in [-0.2, 0) is 0 Å². The molecule has 2 aromatic heterocycles. The third-order valence-electron chi connectivity index (χ3n) is 1.67. The van der Waals surface area contributed by atoms with Crippen molar-refractivity contribution < 1.29 is 13.2 Å². The predicted octanol–water partition coefficient (Wildman–Crippen LogP) is 3.30. The maximum absolute atomic E-state index is 13.1. The average Bonchev–Trinajstić information content (AvgIpc) is 2.67. The highest BCUT2D eigenvalue weighted by Gasteiger charge is 2.11. The molecule has 0 fully saturated rings. The molecular formula is C9H5F3N2S. The van der Waals surface area contributed by atoms with Gasteiger partial charge in [-0.3, -0.25) is 0 Å². The average molecular weight is 230 g/mol. The van der Waals surface area contributed by atoms with Gasteiger partial charge in [-0.2, -0.15) is 20.7 Å². The molecule has 0 aliphatic carbocycles. The van der Waals surface area contributed by atoms with Crippen molar-refractivity contribution in [1.29, 1.82) is 0 Å². The molecule has 0 radical (unpaired) electrons. The molecular weight excluding hydrogens is 225 g/mol. The molecule has 78 valence electrons. The number of thiophene rings is 1. The zero-order chi connectivity index (χ0) is 10.8. The van der Waals surface area contributed by atoms with Crippen molar-refractivity contribution in [2.75, 3.05) is 5.32 Å². The summed E-state index contributed by atoms with van der Waals surface area (Å²) in [7, 11) is 0. The predicted molar refractivity (Wildman–Crippen MR) is 51.7 cm³/mol. The maximum Gasteiger partial charge on any atom is 0.251 e. The normalized spacial score (nSPS) is 10.3. The van der Waals surface area contributed by atoms with Crippen LogP contribution in [0.3, 0.4) is 0 Å². The molecule has 0 unspecified atom stereocenters. The van der Waals surface area contributed by atoms with Crippen LogP contribution in [0.5, 0.6) is 0 Å². The van der Waals surface area contributed by atoms with Gasteiger partial charge in [0.15, 0.2) is 17.5 Å². The molecule has 0 aliphatic rings. The number of anilines is 2. The van der Waals surface area contributed by atoms with E-state index in [0.717, 1.165) is 0 Å². The van der Waals surface area contributed by atoms with Crippen molar-refractivity contribution in [3.63, 3.8) is 0 Å². The number of nitrogens with zero attached hydrogens (tertiary/aromatic N) is 1. The second kappa shape index (κ2) is 3.90. The molecule has 0 bridgehead atoms. The molecule has 15 heavy (non-hydrogen) atoms. The molecule has 2 nitrogen and oxygen atoms in total. The van der Waals surface area contributed by atoms with E-state index in [4.69, 9.17) is 0 Å². The topological polar surface area (TPSA) is 24.9 Å². The first-order valence-electron chi connectivity index (χ1n) is 3.97. The molecule has 0 aliphatic heterocycles. The Kier molecular flexibility index (Phi) is 2.59. The Hall–Kier alpha value is -1.56. The zero-order valence-corrected chi connectivity index (χ0v) is 8.12. The van der Waals surface area contributed by atoms with E-state index in [-0.39, 0.29) is 5.82 Å². The zero-order valence-electron chi connectivity index (χ0n) is 7.30. The first kappa shape index (κ1) is 9.97. The van der Waals surface area contributed by atoms with E-state index in [1.807, 2.05) is 0 Å². The Morgan fingerprint density at radius 2 is 2.00 bits per heavy atom. The van der Waals surface area contributed by atoms with E-state index >= 15 is 0 Å². The second-order valence-corrected chi connectivity index (χ2v) is 3.51.